The third kappa shape index (κ3) is 3.74. The maximum Gasteiger partial charge on any atom is 0.162 e. The molecule has 0 fully saturated rings. The van der Waals surface area contributed by atoms with Crippen molar-refractivity contribution in [3.63, 3.8) is 0 Å². The number of methoxy groups -OCH3 is 3. The molecule has 0 saturated carbocycles. The average molecular weight is 331 g/mol. The van der Waals surface area contributed by atoms with Crippen LogP contribution in [0, 0.1) is 6.92 Å². The van der Waals surface area contributed by atoms with Crippen LogP contribution in [0.4, 0.5) is 0 Å². The Bertz CT molecular complexity index is 700. The summed E-state index contributed by atoms with van der Waals surface area (Å²) in [5.41, 5.74) is 3.02. The van der Waals surface area contributed by atoms with Gasteiger partial charge in [-0.1, -0.05) is 12.1 Å². The third-order valence-corrected chi connectivity index (χ3v) is 4.14. The van der Waals surface area contributed by atoms with Gasteiger partial charge in [-0.15, -0.1) is 0 Å². The highest BCUT2D eigenvalue weighted by atomic mass is 16.5. The number of ether oxygens (including phenoxy) is 3. The zero-order chi connectivity index (χ0) is 17.7. The van der Waals surface area contributed by atoms with Crippen LogP contribution >= 0.6 is 0 Å². The molecule has 130 valence electrons. The van der Waals surface area contributed by atoms with Gasteiger partial charge in [0, 0.05) is 18.2 Å². The molecule has 0 radical (unpaired) electrons. The normalized spacial score (nSPS) is 11.9. The molecule has 0 saturated heterocycles. The number of para-hydroxylation sites is 1. The lowest BCUT2D eigenvalue weighted by atomic mass is 10.0. The molecule has 0 bridgehead atoms. The molecule has 2 rings (SSSR count). The van der Waals surface area contributed by atoms with Crippen LogP contribution in [-0.2, 0) is 6.54 Å². The summed E-state index contributed by atoms with van der Waals surface area (Å²) < 4.78 is 15.9. The van der Waals surface area contributed by atoms with Crippen molar-refractivity contribution in [2.45, 2.75) is 26.4 Å². The minimum Gasteiger partial charge on any atom is -0.504 e. The fourth-order valence-corrected chi connectivity index (χ4v) is 2.71. The maximum absolute atomic E-state index is 10.2. The van der Waals surface area contributed by atoms with Crippen LogP contribution in [0.5, 0.6) is 23.0 Å². The number of rotatable bonds is 7. The maximum atomic E-state index is 10.2. The van der Waals surface area contributed by atoms with Gasteiger partial charge in [0.2, 0.25) is 0 Å². The first-order chi connectivity index (χ1) is 11.5. The first-order valence-electron chi connectivity index (χ1n) is 7.82. The van der Waals surface area contributed by atoms with Gasteiger partial charge < -0.3 is 24.6 Å². The van der Waals surface area contributed by atoms with E-state index in [4.69, 9.17) is 14.2 Å². The smallest absolute Gasteiger partial charge is 0.162 e. The highest BCUT2D eigenvalue weighted by molar-refractivity contribution is 5.48. The van der Waals surface area contributed by atoms with Gasteiger partial charge in [0.1, 0.15) is 0 Å². The molecule has 0 aliphatic heterocycles. The Morgan fingerprint density at radius 2 is 1.62 bits per heavy atom. The summed E-state index contributed by atoms with van der Waals surface area (Å²) in [5.74, 6) is 2.07. The molecule has 0 aromatic heterocycles. The van der Waals surface area contributed by atoms with E-state index in [-0.39, 0.29) is 11.8 Å². The van der Waals surface area contributed by atoms with Crippen molar-refractivity contribution in [1.82, 2.24) is 5.32 Å². The van der Waals surface area contributed by atoms with E-state index in [9.17, 15) is 5.11 Å². The lowest BCUT2D eigenvalue weighted by Crippen LogP contribution is -2.19. The van der Waals surface area contributed by atoms with Crippen molar-refractivity contribution in [2.75, 3.05) is 21.3 Å². The van der Waals surface area contributed by atoms with E-state index in [0.29, 0.717) is 18.0 Å². The summed E-state index contributed by atoms with van der Waals surface area (Å²) in [5, 5.41) is 13.6. The van der Waals surface area contributed by atoms with Gasteiger partial charge in [-0.05, 0) is 43.2 Å². The van der Waals surface area contributed by atoms with E-state index in [2.05, 4.69) is 12.2 Å². The monoisotopic (exact) mass is 331 g/mol. The van der Waals surface area contributed by atoms with Crippen LogP contribution in [0.2, 0.25) is 0 Å². The summed E-state index contributed by atoms with van der Waals surface area (Å²) in [6.07, 6.45) is 0. The summed E-state index contributed by atoms with van der Waals surface area (Å²) in [6.45, 7) is 4.64. The second-order valence-corrected chi connectivity index (χ2v) is 5.63. The Morgan fingerprint density at radius 1 is 1.00 bits per heavy atom. The van der Waals surface area contributed by atoms with E-state index < -0.39 is 0 Å². The van der Waals surface area contributed by atoms with E-state index in [1.807, 2.05) is 31.2 Å². The molecule has 2 aromatic carbocycles. The number of phenolic OH excluding ortho intramolecular Hbond substituents is 1. The van der Waals surface area contributed by atoms with Gasteiger partial charge in [0.05, 0.1) is 21.3 Å². The Hall–Kier alpha value is -2.40. The molecule has 0 heterocycles. The Morgan fingerprint density at radius 3 is 2.25 bits per heavy atom. The molecule has 1 atom stereocenters. The first-order valence-corrected chi connectivity index (χ1v) is 7.82. The van der Waals surface area contributed by atoms with E-state index in [0.717, 1.165) is 22.4 Å². The van der Waals surface area contributed by atoms with Crippen LogP contribution < -0.4 is 19.5 Å². The highest BCUT2D eigenvalue weighted by Crippen LogP contribution is 2.33. The molecule has 24 heavy (non-hydrogen) atoms. The Kier molecular flexibility index (Phi) is 5.93. The van der Waals surface area contributed by atoms with E-state index >= 15 is 0 Å². The lowest BCUT2D eigenvalue weighted by Gasteiger charge is -2.20. The fraction of sp³-hybridized carbons (Fsp3) is 0.368. The topological polar surface area (TPSA) is 60.0 Å². The molecule has 0 aliphatic rings. The van der Waals surface area contributed by atoms with Crippen molar-refractivity contribution in [3.8, 4) is 23.0 Å². The number of aromatic hydroxyl groups is 1. The van der Waals surface area contributed by atoms with Crippen LogP contribution in [0.25, 0.3) is 0 Å². The zero-order valence-electron chi connectivity index (χ0n) is 14.8. The first kappa shape index (κ1) is 17.9. The second-order valence-electron chi connectivity index (χ2n) is 5.63. The number of hydrogen-bond donors (Lipinski definition) is 2. The van der Waals surface area contributed by atoms with Gasteiger partial charge in [-0.2, -0.15) is 0 Å². The molecule has 0 spiro atoms. The summed E-state index contributed by atoms with van der Waals surface area (Å²) in [6, 6.07) is 9.50. The largest absolute Gasteiger partial charge is 0.504 e. The van der Waals surface area contributed by atoms with Gasteiger partial charge in [-0.25, -0.2) is 0 Å². The fourth-order valence-electron chi connectivity index (χ4n) is 2.71. The van der Waals surface area contributed by atoms with Crippen LogP contribution in [-0.4, -0.2) is 26.4 Å². The lowest BCUT2D eigenvalue weighted by molar-refractivity contribution is 0.353. The number of phenols is 1. The SMILES string of the molecule is COc1cc(C)c([C@@H](C)NCc2cccc(OC)c2O)cc1OC. The number of benzene rings is 2. The predicted octanol–water partition coefficient (Wildman–Crippen LogP) is 3.58. The van der Waals surface area contributed by atoms with Crippen molar-refractivity contribution >= 4 is 0 Å². The van der Waals surface area contributed by atoms with Crippen LogP contribution in [0.1, 0.15) is 29.7 Å². The minimum atomic E-state index is 0.0791. The van der Waals surface area contributed by atoms with Crippen LogP contribution in [0.3, 0.4) is 0 Å². The van der Waals surface area contributed by atoms with Gasteiger partial charge in [-0.3, -0.25) is 0 Å². The minimum absolute atomic E-state index is 0.0791. The Balaban J connectivity index is 2.17. The molecule has 5 heteroatoms. The van der Waals surface area contributed by atoms with Gasteiger partial charge >= 0.3 is 0 Å². The zero-order valence-corrected chi connectivity index (χ0v) is 14.8. The van der Waals surface area contributed by atoms with Crippen molar-refractivity contribution in [3.05, 3.63) is 47.0 Å². The number of nitrogens with one attached hydrogen (secondary N) is 1. The van der Waals surface area contributed by atoms with Crippen LogP contribution in [0.15, 0.2) is 30.3 Å². The number of aryl methyl sites for hydroxylation is 1. The summed E-state index contributed by atoms with van der Waals surface area (Å²) in [7, 11) is 4.80. The molecule has 2 aromatic rings. The van der Waals surface area contributed by atoms with E-state index in [1.165, 1.54) is 0 Å². The van der Waals surface area contributed by atoms with Crippen molar-refractivity contribution in [1.29, 1.82) is 0 Å². The second kappa shape index (κ2) is 7.93. The van der Waals surface area contributed by atoms with Crippen molar-refractivity contribution < 1.29 is 19.3 Å². The third-order valence-electron chi connectivity index (χ3n) is 4.14. The molecule has 0 unspecified atom stereocenters. The molecular formula is C19H25NO4. The molecule has 2 N–H and O–H groups in total. The molecular weight excluding hydrogens is 306 g/mol. The molecule has 0 amide bonds. The number of hydrogen-bond acceptors (Lipinski definition) is 5. The van der Waals surface area contributed by atoms with Gasteiger partial charge in [0.15, 0.2) is 23.0 Å². The standard InChI is InChI=1S/C19H25NO4/c1-12-9-17(23-4)18(24-5)10-15(12)13(2)20-11-14-7-6-8-16(22-3)19(14)21/h6-10,13,20-21H,11H2,1-5H3/t13-/m1/s1. The predicted molar refractivity (Wildman–Crippen MR) is 94.2 cm³/mol. The molecule has 5 nitrogen and oxygen atoms in total. The summed E-state index contributed by atoms with van der Waals surface area (Å²) in [4.78, 5) is 0. The van der Waals surface area contributed by atoms with Crippen molar-refractivity contribution in [2.24, 2.45) is 0 Å². The van der Waals surface area contributed by atoms with E-state index in [1.54, 1.807) is 27.4 Å². The average Bonchev–Trinajstić information content (AvgIpc) is 2.60. The summed E-state index contributed by atoms with van der Waals surface area (Å²) >= 11 is 0. The highest BCUT2D eigenvalue weighted by Gasteiger charge is 2.15. The van der Waals surface area contributed by atoms with Gasteiger partial charge in [0.25, 0.3) is 0 Å². The Labute approximate surface area is 143 Å². The quantitative estimate of drug-likeness (QED) is 0.812. The molecule has 0 aliphatic carbocycles.